The first-order valence-corrected chi connectivity index (χ1v) is 7.64. The van der Waals surface area contributed by atoms with E-state index in [4.69, 9.17) is 0 Å². The first kappa shape index (κ1) is 13.9. The lowest BCUT2D eigenvalue weighted by atomic mass is 10.1. The molecule has 0 amide bonds. The maximum absolute atomic E-state index is 4.40. The molecule has 1 aliphatic heterocycles. The summed E-state index contributed by atoms with van der Waals surface area (Å²) >= 11 is 1.72. The fourth-order valence-electron chi connectivity index (χ4n) is 2.26. The van der Waals surface area contributed by atoms with Gasteiger partial charge in [0, 0.05) is 37.8 Å². The lowest BCUT2D eigenvalue weighted by Crippen LogP contribution is -2.42. The Morgan fingerprint density at radius 2 is 2.33 bits per heavy atom. The molecule has 0 saturated carbocycles. The van der Waals surface area contributed by atoms with Crippen molar-refractivity contribution in [2.24, 2.45) is 0 Å². The Morgan fingerprint density at radius 3 is 3.11 bits per heavy atom. The normalized spacial score (nSPS) is 18.8. The van der Waals surface area contributed by atoms with Crippen molar-refractivity contribution in [2.45, 2.75) is 25.8 Å². The lowest BCUT2D eigenvalue weighted by Gasteiger charge is -2.26. The minimum Gasteiger partial charge on any atom is -0.315 e. The van der Waals surface area contributed by atoms with E-state index in [1.807, 2.05) is 11.6 Å². The number of hydrogen-bond acceptors (Lipinski definition) is 5. The molecular weight excluding hydrogens is 244 g/mol. The first-order chi connectivity index (χ1) is 8.68. The predicted molar refractivity (Wildman–Crippen MR) is 77.1 cm³/mol. The Labute approximate surface area is 114 Å². The molecular formula is C13H24N4S. The quantitative estimate of drug-likeness (QED) is 0.843. The predicted octanol–water partition coefficient (Wildman–Crippen LogP) is 1.26. The average Bonchev–Trinajstić information content (AvgIpc) is 2.76. The van der Waals surface area contributed by atoms with E-state index in [9.17, 15) is 0 Å². The summed E-state index contributed by atoms with van der Waals surface area (Å²) in [7, 11) is 0. The first-order valence-electron chi connectivity index (χ1n) is 6.76. The second kappa shape index (κ2) is 6.61. The summed E-state index contributed by atoms with van der Waals surface area (Å²) in [5, 5.41) is 10.3. The Kier molecular flexibility index (Phi) is 5.12. The van der Waals surface area contributed by atoms with Crippen LogP contribution in [0.15, 0.2) is 11.6 Å². The summed E-state index contributed by atoms with van der Waals surface area (Å²) in [6, 6.07) is 0. The van der Waals surface area contributed by atoms with Crippen LogP contribution >= 0.6 is 11.3 Å². The van der Waals surface area contributed by atoms with Crippen LogP contribution in [0, 0.1) is 0 Å². The molecule has 18 heavy (non-hydrogen) atoms. The number of rotatable bonds is 5. The van der Waals surface area contributed by atoms with Gasteiger partial charge in [-0.1, -0.05) is 0 Å². The maximum Gasteiger partial charge on any atom is 0.112 e. The van der Waals surface area contributed by atoms with Crippen LogP contribution in [0.1, 0.15) is 25.3 Å². The van der Waals surface area contributed by atoms with E-state index < -0.39 is 0 Å². The van der Waals surface area contributed by atoms with Crippen molar-refractivity contribution in [1.82, 2.24) is 20.5 Å². The zero-order chi connectivity index (χ0) is 12.8. The summed E-state index contributed by atoms with van der Waals surface area (Å²) in [6.45, 7) is 11.2. The molecule has 0 unspecified atom stereocenters. The van der Waals surface area contributed by atoms with Crippen LogP contribution in [0.3, 0.4) is 0 Å². The van der Waals surface area contributed by atoms with Crippen LogP contribution in [0.5, 0.6) is 0 Å². The van der Waals surface area contributed by atoms with Crippen LogP contribution in [0.2, 0.25) is 0 Å². The number of aromatic nitrogens is 1. The van der Waals surface area contributed by atoms with Crippen LogP contribution in [0.25, 0.3) is 0 Å². The monoisotopic (exact) mass is 268 g/mol. The molecule has 4 nitrogen and oxygen atoms in total. The third-order valence-corrected chi connectivity index (χ3v) is 4.49. The molecule has 2 rings (SSSR count). The SMILES string of the molecule is CC(C)(NCCN1CCCNCC1)c1nccs1. The van der Waals surface area contributed by atoms with E-state index >= 15 is 0 Å². The van der Waals surface area contributed by atoms with Crippen LogP contribution in [-0.4, -0.2) is 49.2 Å². The van der Waals surface area contributed by atoms with Crippen LogP contribution in [0.4, 0.5) is 0 Å². The van der Waals surface area contributed by atoms with Crippen molar-refractivity contribution in [2.75, 3.05) is 39.3 Å². The van der Waals surface area contributed by atoms with Crippen LogP contribution in [-0.2, 0) is 5.54 Å². The van der Waals surface area contributed by atoms with Gasteiger partial charge in [0.25, 0.3) is 0 Å². The van der Waals surface area contributed by atoms with Gasteiger partial charge in [0.05, 0.1) is 5.54 Å². The van der Waals surface area contributed by atoms with Crippen LogP contribution < -0.4 is 10.6 Å². The van der Waals surface area contributed by atoms with Gasteiger partial charge in [-0.25, -0.2) is 4.98 Å². The largest absolute Gasteiger partial charge is 0.315 e. The molecule has 1 aliphatic rings. The molecule has 5 heteroatoms. The third-order valence-electron chi connectivity index (χ3n) is 3.39. The van der Waals surface area contributed by atoms with Gasteiger partial charge >= 0.3 is 0 Å². The van der Waals surface area contributed by atoms with Crippen molar-refractivity contribution < 1.29 is 0 Å². The Balaban J connectivity index is 1.74. The van der Waals surface area contributed by atoms with Crippen molar-refractivity contribution in [1.29, 1.82) is 0 Å². The van der Waals surface area contributed by atoms with Gasteiger partial charge in [-0.15, -0.1) is 11.3 Å². The number of thiazole rings is 1. The fourth-order valence-corrected chi connectivity index (χ4v) is 3.00. The topological polar surface area (TPSA) is 40.2 Å². The molecule has 0 aliphatic carbocycles. The standard InChI is InChI=1S/C13H24N4S/c1-13(2,12-15-7-11-18-12)16-6-10-17-8-3-4-14-5-9-17/h7,11,14,16H,3-6,8-10H2,1-2H3. The Bertz CT molecular complexity index is 329. The van der Waals surface area contributed by atoms with Gasteiger partial charge in [0.15, 0.2) is 0 Å². The minimum absolute atomic E-state index is 0.0156. The highest BCUT2D eigenvalue weighted by atomic mass is 32.1. The fraction of sp³-hybridized carbons (Fsp3) is 0.769. The molecule has 1 aromatic rings. The Morgan fingerprint density at radius 1 is 1.44 bits per heavy atom. The van der Waals surface area contributed by atoms with E-state index in [2.05, 4.69) is 34.4 Å². The molecule has 2 heterocycles. The zero-order valence-corrected chi connectivity index (χ0v) is 12.2. The van der Waals surface area contributed by atoms with Crippen molar-refractivity contribution in [3.8, 4) is 0 Å². The molecule has 1 aromatic heterocycles. The van der Waals surface area contributed by atoms with Gasteiger partial charge in [0.2, 0.25) is 0 Å². The number of nitrogens with zero attached hydrogens (tertiary/aromatic N) is 2. The van der Waals surface area contributed by atoms with Gasteiger partial charge in [-0.3, -0.25) is 0 Å². The van der Waals surface area contributed by atoms with E-state index in [0.717, 1.165) is 26.2 Å². The van der Waals surface area contributed by atoms with Gasteiger partial charge in [-0.2, -0.15) is 0 Å². The van der Waals surface area contributed by atoms with Gasteiger partial charge in [0.1, 0.15) is 5.01 Å². The summed E-state index contributed by atoms with van der Waals surface area (Å²) < 4.78 is 0. The molecule has 0 atom stereocenters. The van der Waals surface area contributed by atoms with E-state index in [1.54, 1.807) is 11.3 Å². The van der Waals surface area contributed by atoms with E-state index in [0.29, 0.717) is 0 Å². The van der Waals surface area contributed by atoms with Gasteiger partial charge < -0.3 is 15.5 Å². The maximum atomic E-state index is 4.40. The summed E-state index contributed by atoms with van der Waals surface area (Å²) in [5.74, 6) is 0. The molecule has 102 valence electrons. The molecule has 0 radical (unpaired) electrons. The highest BCUT2D eigenvalue weighted by Gasteiger charge is 2.22. The number of hydrogen-bond donors (Lipinski definition) is 2. The molecule has 2 N–H and O–H groups in total. The number of nitrogens with one attached hydrogen (secondary N) is 2. The van der Waals surface area contributed by atoms with E-state index in [-0.39, 0.29) is 5.54 Å². The minimum atomic E-state index is -0.0156. The van der Waals surface area contributed by atoms with Gasteiger partial charge in [-0.05, 0) is 33.4 Å². The second-order valence-electron chi connectivity index (χ2n) is 5.33. The highest BCUT2D eigenvalue weighted by Crippen LogP contribution is 2.21. The van der Waals surface area contributed by atoms with Crippen molar-refractivity contribution in [3.63, 3.8) is 0 Å². The third kappa shape index (κ3) is 4.02. The smallest absolute Gasteiger partial charge is 0.112 e. The zero-order valence-electron chi connectivity index (χ0n) is 11.4. The molecule has 1 saturated heterocycles. The second-order valence-corrected chi connectivity index (χ2v) is 6.23. The average molecular weight is 268 g/mol. The Hall–Kier alpha value is -0.490. The lowest BCUT2D eigenvalue weighted by molar-refractivity contribution is 0.273. The van der Waals surface area contributed by atoms with Crippen molar-refractivity contribution in [3.05, 3.63) is 16.6 Å². The molecule has 0 bridgehead atoms. The molecule has 1 fully saturated rings. The van der Waals surface area contributed by atoms with Crippen molar-refractivity contribution >= 4 is 11.3 Å². The summed E-state index contributed by atoms with van der Waals surface area (Å²) in [6.07, 6.45) is 3.14. The van der Waals surface area contributed by atoms with E-state index in [1.165, 1.54) is 24.5 Å². The highest BCUT2D eigenvalue weighted by molar-refractivity contribution is 7.09. The molecule has 0 spiro atoms. The molecule has 0 aromatic carbocycles. The summed E-state index contributed by atoms with van der Waals surface area (Å²) in [5.41, 5.74) is -0.0156. The summed E-state index contributed by atoms with van der Waals surface area (Å²) in [4.78, 5) is 6.93.